The normalized spacial score (nSPS) is 16.4. The van der Waals surface area contributed by atoms with Crippen molar-refractivity contribution in [3.05, 3.63) is 79.9 Å². The Morgan fingerprint density at radius 1 is 1.28 bits per heavy atom. The van der Waals surface area contributed by atoms with Gasteiger partial charge in [0.25, 0.3) is 5.56 Å². The number of rotatable bonds is 6. The van der Waals surface area contributed by atoms with Crippen LogP contribution in [0.5, 0.6) is 0 Å². The van der Waals surface area contributed by atoms with Gasteiger partial charge in [-0.05, 0) is 53.7 Å². The monoisotopic (exact) mass is 499 g/mol. The number of pyridine rings is 1. The lowest BCUT2D eigenvalue weighted by atomic mass is 10.0. The van der Waals surface area contributed by atoms with Gasteiger partial charge in [-0.2, -0.15) is 4.98 Å². The first-order chi connectivity index (χ1) is 17.4. The molecule has 7 nitrogen and oxygen atoms in total. The van der Waals surface area contributed by atoms with Gasteiger partial charge in [0.15, 0.2) is 0 Å². The summed E-state index contributed by atoms with van der Waals surface area (Å²) >= 11 is 1.64. The number of fused-ring (bicyclic) bond motifs is 1. The summed E-state index contributed by atoms with van der Waals surface area (Å²) in [6, 6.07) is 11.9. The van der Waals surface area contributed by atoms with E-state index in [4.69, 9.17) is 16.1 Å². The highest BCUT2D eigenvalue weighted by Crippen LogP contribution is 2.27. The van der Waals surface area contributed by atoms with E-state index in [9.17, 15) is 4.79 Å². The lowest BCUT2D eigenvalue weighted by Crippen LogP contribution is -2.35. The maximum atomic E-state index is 13.2. The van der Waals surface area contributed by atoms with Crippen molar-refractivity contribution >= 4 is 34.0 Å². The molecule has 1 saturated heterocycles. The first-order valence-electron chi connectivity index (χ1n) is 12.0. The number of aromatic nitrogens is 3. The van der Waals surface area contributed by atoms with Crippen LogP contribution >= 0.6 is 11.3 Å². The van der Waals surface area contributed by atoms with E-state index in [1.165, 1.54) is 5.56 Å². The van der Waals surface area contributed by atoms with E-state index in [2.05, 4.69) is 65.6 Å². The number of morpholine rings is 1. The Morgan fingerprint density at radius 3 is 2.81 bits per heavy atom. The van der Waals surface area contributed by atoms with Crippen LogP contribution in [-0.4, -0.2) is 46.2 Å². The Labute approximate surface area is 214 Å². The summed E-state index contributed by atoms with van der Waals surface area (Å²) in [5.41, 5.74) is 3.86. The Kier molecular flexibility index (Phi) is 6.88. The first-order valence-corrected chi connectivity index (χ1v) is 12.9. The second kappa shape index (κ2) is 10.2. The first kappa shape index (κ1) is 24.2. The molecule has 1 aliphatic heterocycles. The van der Waals surface area contributed by atoms with E-state index in [0.29, 0.717) is 29.6 Å². The zero-order valence-electron chi connectivity index (χ0n) is 20.7. The zero-order valence-corrected chi connectivity index (χ0v) is 21.5. The fourth-order valence-electron chi connectivity index (χ4n) is 4.50. The van der Waals surface area contributed by atoms with Gasteiger partial charge in [0.1, 0.15) is 5.65 Å². The van der Waals surface area contributed by atoms with E-state index < -0.39 is 0 Å². The summed E-state index contributed by atoms with van der Waals surface area (Å²) in [5, 5.41) is 6.06. The number of thiophene rings is 1. The number of ether oxygens (including phenoxy) is 1. The van der Waals surface area contributed by atoms with Gasteiger partial charge in [-0.15, -0.1) is 17.8 Å². The minimum Gasteiger partial charge on any atom is -0.371 e. The average Bonchev–Trinajstić information content (AvgIpc) is 3.35. The number of anilines is 2. The largest absolute Gasteiger partial charge is 0.371 e. The highest BCUT2D eigenvalue weighted by Gasteiger charge is 2.19. The predicted molar refractivity (Wildman–Crippen MR) is 145 cm³/mol. The van der Waals surface area contributed by atoms with E-state index in [0.717, 1.165) is 41.2 Å². The minimum absolute atomic E-state index is 0.0717. The molecule has 36 heavy (non-hydrogen) atoms. The molecule has 8 heteroatoms. The molecule has 5 rings (SSSR count). The standard InChI is InChI=1S/C28H29N5O2S/c1-5-19-14-21-15-29-28(30-22-8-6-20(7-9-22)24-16-32(4)11-12-35-24)31-26(21)33(27(19)34)17-25-23(18(2)3)10-13-36-25/h1,6-10,13-15,18,24H,11-12,16-17H2,2-4H3,(H,29,30,31). The van der Waals surface area contributed by atoms with Gasteiger partial charge < -0.3 is 15.0 Å². The van der Waals surface area contributed by atoms with Crippen molar-refractivity contribution in [3.63, 3.8) is 0 Å². The zero-order chi connectivity index (χ0) is 25.2. The van der Waals surface area contributed by atoms with Crippen LogP contribution < -0.4 is 10.9 Å². The smallest absolute Gasteiger partial charge is 0.268 e. The van der Waals surface area contributed by atoms with Gasteiger partial charge in [-0.3, -0.25) is 9.36 Å². The highest BCUT2D eigenvalue weighted by molar-refractivity contribution is 7.10. The van der Waals surface area contributed by atoms with Crippen molar-refractivity contribution in [2.45, 2.75) is 32.4 Å². The number of nitrogens with zero attached hydrogens (tertiary/aromatic N) is 4. The van der Waals surface area contributed by atoms with Crippen LogP contribution in [0.15, 0.2) is 52.8 Å². The Hall–Kier alpha value is -3.51. The van der Waals surface area contributed by atoms with Crippen molar-refractivity contribution in [2.75, 3.05) is 32.1 Å². The van der Waals surface area contributed by atoms with Gasteiger partial charge in [0, 0.05) is 35.2 Å². The summed E-state index contributed by atoms with van der Waals surface area (Å²) in [7, 11) is 2.11. The second-order valence-electron chi connectivity index (χ2n) is 9.39. The van der Waals surface area contributed by atoms with E-state index in [1.807, 2.05) is 12.1 Å². The van der Waals surface area contributed by atoms with Crippen molar-refractivity contribution in [2.24, 2.45) is 0 Å². The number of hydrogen-bond acceptors (Lipinski definition) is 7. The fourth-order valence-corrected chi connectivity index (χ4v) is 5.52. The van der Waals surface area contributed by atoms with Gasteiger partial charge in [0.05, 0.1) is 24.8 Å². The van der Waals surface area contributed by atoms with Crippen LogP contribution in [0.25, 0.3) is 11.0 Å². The van der Waals surface area contributed by atoms with Crippen LogP contribution in [0.2, 0.25) is 0 Å². The van der Waals surface area contributed by atoms with Crippen molar-refractivity contribution in [1.29, 1.82) is 0 Å². The Balaban J connectivity index is 1.46. The molecule has 0 bridgehead atoms. The van der Waals surface area contributed by atoms with Crippen molar-refractivity contribution in [3.8, 4) is 12.3 Å². The Bertz CT molecular complexity index is 1480. The lowest BCUT2D eigenvalue weighted by Gasteiger charge is -2.30. The molecule has 1 unspecified atom stereocenters. The molecule has 4 aromatic rings. The second-order valence-corrected chi connectivity index (χ2v) is 10.4. The molecular weight excluding hydrogens is 470 g/mol. The molecule has 1 fully saturated rings. The third kappa shape index (κ3) is 4.91. The molecule has 1 aromatic carbocycles. The summed E-state index contributed by atoms with van der Waals surface area (Å²) in [6.45, 7) is 7.28. The quantitative estimate of drug-likeness (QED) is 0.386. The summed E-state index contributed by atoms with van der Waals surface area (Å²) in [4.78, 5) is 25.8. The van der Waals surface area contributed by atoms with Crippen LogP contribution in [0.1, 0.15) is 47.4 Å². The number of hydrogen-bond donors (Lipinski definition) is 1. The van der Waals surface area contributed by atoms with Crippen LogP contribution in [-0.2, 0) is 11.3 Å². The summed E-state index contributed by atoms with van der Waals surface area (Å²) in [5.74, 6) is 3.30. The molecule has 0 amide bonds. The van der Waals surface area contributed by atoms with Crippen LogP contribution in [0.4, 0.5) is 11.6 Å². The lowest BCUT2D eigenvalue weighted by molar-refractivity contribution is -0.0208. The number of nitrogens with one attached hydrogen (secondary N) is 1. The third-order valence-electron chi connectivity index (χ3n) is 6.49. The number of benzene rings is 1. The molecule has 0 radical (unpaired) electrons. The number of terminal acetylenes is 1. The molecular formula is C28H29N5O2S. The molecule has 3 aromatic heterocycles. The maximum Gasteiger partial charge on any atom is 0.268 e. The third-order valence-corrected chi connectivity index (χ3v) is 7.42. The molecule has 1 atom stereocenters. The van der Waals surface area contributed by atoms with Crippen molar-refractivity contribution in [1.82, 2.24) is 19.4 Å². The topological polar surface area (TPSA) is 72.3 Å². The van der Waals surface area contributed by atoms with Gasteiger partial charge in [0.2, 0.25) is 5.95 Å². The molecule has 184 valence electrons. The SMILES string of the molecule is C#Cc1cc2cnc(Nc3ccc(C4CN(C)CCO4)cc3)nc2n(Cc2sccc2C(C)C)c1=O. The van der Waals surface area contributed by atoms with Crippen molar-refractivity contribution < 1.29 is 4.74 Å². The van der Waals surface area contributed by atoms with Crippen LogP contribution in [0.3, 0.4) is 0 Å². The molecule has 0 aliphatic carbocycles. The highest BCUT2D eigenvalue weighted by atomic mass is 32.1. The van der Waals surface area contributed by atoms with Gasteiger partial charge in [-0.1, -0.05) is 31.9 Å². The van der Waals surface area contributed by atoms with E-state index in [-0.39, 0.29) is 11.7 Å². The summed E-state index contributed by atoms with van der Waals surface area (Å²) in [6.07, 6.45) is 7.42. The van der Waals surface area contributed by atoms with Gasteiger partial charge >= 0.3 is 0 Å². The van der Waals surface area contributed by atoms with Gasteiger partial charge in [-0.25, -0.2) is 4.98 Å². The molecule has 4 heterocycles. The predicted octanol–water partition coefficient (Wildman–Crippen LogP) is 4.75. The summed E-state index contributed by atoms with van der Waals surface area (Å²) < 4.78 is 7.58. The maximum absolute atomic E-state index is 13.2. The fraction of sp³-hybridized carbons (Fsp3) is 0.321. The molecule has 1 aliphatic rings. The van der Waals surface area contributed by atoms with E-state index >= 15 is 0 Å². The van der Waals surface area contributed by atoms with E-state index in [1.54, 1.807) is 28.2 Å². The average molecular weight is 500 g/mol. The molecule has 1 N–H and O–H groups in total. The minimum atomic E-state index is -0.223. The number of likely N-dealkylation sites (N-methyl/N-ethyl adjacent to an activating group) is 1. The Morgan fingerprint density at radius 2 is 2.08 bits per heavy atom. The molecule has 0 saturated carbocycles. The molecule has 0 spiro atoms. The van der Waals surface area contributed by atoms with Crippen LogP contribution in [0, 0.1) is 12.3 Å².